The lowest BCUT2D eigenvalue weighted by Gasteiger charge is -2.25. The van der Waals surface area contributed by atoms with Crippen LogP contribution in [-0.4, -0.2) is 32.8 Å². The van der Waals surface area contributed by atoms with Crippen LogP contribution in [0.4, 0.5) is 5.69 Å². The third-order valence-electron chi connectivity index (χ3n) is 4.08. The van der Waals surface area contributed by atoms with E-state index in [9.17, 15) is 4.79 Å². The van der Waals surface area contributed by atoms with E-state index < -0.39 is 5.41 Å². The van der Waals surface area contributed by atoms with Gasteiger partial charge in [0.25, 0.3) is 0 Å². The molecule has 1 aliphatic rings. The van der Waals surface area contributed by atoms with Crippen LogP contribution >= 0.6 is 0 Å². The minimum Gasteiger partial charge on any atom is -0.491 e. The Kier molecular flexibility index (Phi) is 5.59. The predicted octanol–water partition coefficient (Wildman–Crippen LogP) is 2.17. The van der Waals surface area contributed by atoms with Gasteiger partial charge in [0.15, 0.2) is 0 Å². The average Bonchev–Trinajstić information content (AvgIpc) is 2.98. The topological polar surface area (TPSA) is 73.6 Å². The molecule has 0 bridgehead atoms. The highest BCUT2D eigenvalue weighted by Gasteiger charge is 2.39. The van der Waals surface area contributed by atoms with Gasteiger partial charge in [0, 0.05) is 25.4 Å². The number of amides is 1. The molecule has 0 spiro atoms. The maximum absolute atomic E-state index is 12.5. The zero-order valence-corrected chi connectivity index (χ0v) is 12.6. The number of benzene rings is 1. The van der Waals surface area contributed by atoms with Crippen molar-refractivity contribution in [3.8, 4) is 5.75 Å². The van der Waals surface area contributed by atoms with Crippen molar-refractivity contribution in [1.82, 2.24) is 0 Å². The summed E-state index contributed by atoms with van der Waals surface area (Å²) >= 11 is 0. The van der Waals surface area contributed by atoms with Crippen molar-refractivity contribution in [3.05, 3.63) is 24.3 Å². The second-order valence-electron chi connectivity index (χ2n) is 5.51. The Morgan fingerprint density at radius 1 is 1.33 bits per heavy atom. The standard InChI is InChI=1S/C16H24N2O3/c1-20-9-10-21-14-6-4-5-13(11-14)18-15(19)16(12-17)7-2-3-8-16/h4-6,11H,2-3,7-10,12,17H2,1H3,(H,18,19). The van der Waals surface area contributed by atoms with Crippen LogP contribution in [0.5, 0.6) is 5.75 Å². The van der Waals surface area contributed by atoms with Gasteiger partial charge in [-0.3, -0.25) is 4.79 Å². The normalized spacial score (nSPS) is 16.7. The molecule has 116 valence electrons. The highest BCUT2D eigenvalue weighted by Crippen LogP contribution is 2.38. The molecule has 1 fully saturated rings. The number of anilines is 1. The van der Waals surface area contributed by atoms with Crippen molar-refractivity contribution in [2.24, 2.45) is 11.1 Å². The zero-order chi connectivity index (χ0) is 15.1. The van der Waals surface area contributed by atoms with Crippen LogP contribution in [0.1, 0.15) is 25.7 Å². The molecule has 1 amide bonds. The first-order valence-corrected chi connectivity index (χ1v) is 7.43. The molecule has 1 aromatic rings. The number of methoxy groups -OCH3 is 1. The van der Waals surface area contributed by atoms with Gasteiger partial charge in [-0.15, -0.1) is 0 Å². The minimum atomic E-state index is -0.396. The first-order chi connectivity index (χ1) is 10.2. The second kappa shape index (κ2) is 7.43. The number of hydrogen-bond donors (Lipinski definition) is 2. The summed E-state index contributed by atoms with van der Waals surface area (Å²) in [5.74, 6) is 0.745. The first kappa shape index (κ1) is 15.8. The molecule has 0 unspecified atom stereocenters. The van der Waals surface area contributed by atoms with Gasteiger partial charge in [0.05, 0.1) is 12.0 Å². The molecule has 1 saturated carbocycles. The lowest BCUT2D eigenvalue weighted by molar-refractivity contribution is -0.124. The molecular weight excluding hydrogens is 268 g/mol. The van der Waals surface area contributed by atoms with Crippen molar-refractivity contribution in [2.45, 2.75) is 25.7 Å². The summed E-state index contributed by atoms with van der Waals surface area (Å²) in [7, 11) is 1.63. The molecular formula is C16H24N2O3. The van der Waals surface area contributed by atoms with Gasteiger partial charge >= 0.3 is 0 Å². The number of carbonyl (C=O) groups excluding carboxylic acids is 1. The Balaban J connectivity index is 1.98. The zero-order valence-electron chi connectivity index (χ0n) is 12.6. The van der Waals surface area contributed by atoms with Crippen molar-refractivity contribution in [2.75, 3.05) is 32.2 Å². The molecule has 1 aromatic carbocycles. The highest BCUT2D eigenvalue weighted by molar-refractivity contribution is 5.95. The number of rotatable bonds is 7. The molecule has 1 aliphatic carbocycles. The number of carbonyl (C=O) groups is 1. The summed E-state index contributed by atoms with van der Waals surface area (Å²) in [6, 6.07) is 7.41. The van der Waals surface area contributed by atoms with E-state index in [-0.39, 0.29) is 5.91 Å². The molecule has 0 aromatic heterocycles. The highest BCUT2D eigenvalue weighted by atomic mass is 16.5. The summed E-state index contributed by atoms with van der Waals surface area (Å²) in [5, 5.41) is 2.98. The number of ether oxygens (including phenoxy) is 2. The fourth-order valence-electron chi connectivity index (χ4n) is 2.75. The third-order valence-corrected chi connectivity index (χ3v) is 4.08. The third kappa shape index (κ3) is 3.95. The van der Waals surface area contributed by atoms with E-state index in [0.717, 1.165) is 37.1 Å². The molecule has 5 nitrogen and oxygen atoms in total. The van der Waals surface area contributed by atoms with E-state index in [1.54, 1.807) is 7.11 Å². The van der Waals surface area contributed by atoms with E-state index in [4.69, 9.17) is 15.2 Å². The summed E-state index contributed by atoms with van der Waals surface area (Å²) in [6.07, 6.45) is 3.90. The van der Waals surface area contributed by atoms with E-state index >= 15 is 0 Å². The van der Waals surface area contributed by atoms with Crippen LogP contribution in [-0.2, 0) is 9.53 Å². The van der Waals surface area contributed by atoms with Crippen LogP contribution in [0, 0.1) is 5.41 Å². The fourth-order valence-corrected chi connectivity index (χ4v) is 2.75. The minimum absolute atomic E-state index is 0.0246. The van der Waals surface area contributed by atoms with Gasteiger partial charge in [-0.05, 0) is 25.0 Å². The van der Waals surface area contributed by atoms with Gasteiger partial charge in [-0.2, -0.15) is 0 Å². The molecule has 5 heteroatoms. The quantitative estimate of drug-likeness (QED) is 0.755. The van der Waals surface area contributed by atoms with E-state index in [1.807, 2.05) is 24.3 Å². The molecule has 0 heterocycles. The molecule has 0 saturated heterocycles. The Labute approximate surface area is 125 Å². The predicted molar refractivity (Wildman–Crippen MR) is 82.4 cm³/mol. The number of nitrogens with one attached hydrogen (secondary N) is 1. The van der Waals surface area contributed by atoms with Crippen molar-refractivity contribution >= 4 is 11.6 Å². The Bertz CT molecular complexity index is 470. The molecule has 21 heavy (non-hydrogen) atoms. The van der Waals surface area contributed by atoms with Gasteiger partial charge in [-0.25, -0.2) is 0 Å². The monoisotopic (exact) mass is 292 g/mol. The molecule has 2 rings (SSSR count). The van der Waals surface area contributed by atoms with Crippen LogP contribution in [0.3, 0.4) is 0 Å². The van der Waals surface area contributed by atoms with E-state index in [0.29, 0.717) is 19.8 Å². The van der Waals surface area contributed by atoms with E-state index in [2.05, 4.69) is 5.32 Å². The van der Waals surface area contributed by atoms with Crippen molar-refractivity contribution in [3.63, 3.8) is 0 Å². The van der Waals surface area contributed by atoms with E-state index in [1.165, 1.54) is 0 Å². The maximum Gasteiger partial charge on any atom is 0.231 e. The first-order valence-electron chi connectivity index (χ1n) is 7.43. The lowest BCUT2D eigenvalue weighted by Crippen LogP contribution is -2.40. The summed E-state index contributed by atoms with van der Waals surface area (Å²) in [6.45, 7) is 1.43. The molecule has 0 aliphatic heterocycles. The largest absolute Gasteiger partial charge is 0.491 e. The average molecular weight is 292 g/mol. The van der Waals surface area contributed by atoms with Crippen LogP contribution in [0.2, 0.25) is 0 Å². The summed E-state index contributed by atoms with van der Waals surface area (Å²) < 4.78 is 10.5. The lowest BCUT2D eigenvalue weighted by atomic mass is 9.85. The fraction of sp³-hybridized carbons (Fsp3) is 0.562. The van der Waals surface area contributed by atoms with Gasteiger partial charge < -0.3 is 20.5 Å². The Hall–Kier alpha value is -1.59. The maximum atomic E-state index is 12.5. The van der Waals surface area contributed by atoms with Crippen LogP contribution in [0.15, 0.2) is 24.3 Å². The summed E-state index contributed by atoms with van der Waals surface area (Å²) in [4.78, 5) is 12.5. The Morgan fingerprint density at radius 2 is 2.10 bits per heavy atom. The van der Waals surface area contributed by atoms with Crippen LogP contribution in [0.25, 0.3) is 0 Å². The molecule has 0 radical (unpaired) electrons. The number of hydrogen-bond acceptors (Lipinski definition) is 4. The van der Waals surface area contributed by atoms with Crippen molar-refractivity contribution < 1.29 is 14.3 Å². The summed E-state index contributed by atoms with van der Waals surface area (Å²) in [5.41, 5.74) is 6.18. The smallest absolute Gasteiger partial charge is 0.231 e. The molecule has 0 atom stereocenters. The van der Waals surface area contributed by atoms with Gasteiger partial charge in [0.1, 0.15) is 12.4 Å². The van der Waals surface area contributed by atoms with Crippen LogP contribution < -0.4 is 15.8 Å². The van der Waals surface area contributed by atoms with Gasteiger partial charge in [-0.1, -0.05) is 18.9 Å². The molecule has 3 N–H and O–H groups in total. The second-order valence-corrected chi connectivity index (χ2v) is 5.51. The SMILES string of the molecule is COCCOc1cccc(NC(=O)C2(CN)CCCC2)c1. The Morgan fingerprint density at radius 3 is 2.76 bits per heavy atom. The van der Waals surface area contributed by atoms with Crippen molar-refractivity contribution in [1.29, 1.82) is 0 Å². The number of nitrogens with two attached hydrogens (primary N) is 1. The van der Waals surface area contributed by atoms with Gasteiger partial charge in [0.2, 0.25) is 5.91 Å².